The molecule has 1 heterocycles. The van der Waals surface area contributed by atoms with Gasteiger partial charge in [-0.05, 0) is 62.6 Å². The van der Waals surface area contributed by atoms with Crippen LogP contribution in [0, 0.1) is 5.41 Å². The summed E-state index contributed by atoms with van der Waals surface area (Å²) in [7, 11) is 0. The Balaban J connectivity index is 2.13. The van der Waals surface area contributed by atoms with Crippen LogP contribution in [0.15, 0.2) is 18.2 Å². The van der Waals surface area contributed by atoms with Crippen molar-refractivity contribution in [1.82, 2.24) is 5.32 Å². The maximum Gasteiger partial charge on any atom is 0.234 e. The van der Waals surface area contributed by atoms with Crippen molar-refractivity contribution in [3.8, 4) is 0 Å². The molecule has 1 aliphatic rings. The van der Waals surface area contributed by atoms with Crippen molar-refractivity contribution in [3.63, 3.8) is 0 Å². The molecule has 0 fully saturated rings. The van der Waals surface area contributed by atoms with Gasteiger partial charge in [0.1, 0.15) is 0 Å². The highest BCUT2D eigenvalue weighted by atomic mass is 16.3. The zero-order valence-corrected chi connectivity index (χ0v) is 15.7. The Bertz CT molecular complexity index is 591. The molecule has 0 spiro atoms. The zero-order chi connectivity index (χ0) is 18.0. The van der Waals surface area contributed by atoms with E-state index in [2.05, 4.69) is 43.5 Å². The lowest BCUT2D eigenvalue weighted by molar-refractivity contribution is -0.119. The first kappa shape index (κ1) is 18.9. The molecular formula is C20H32N2O2. The van der Waals surface area contributed by atoms with Crippen molar-refractivity contribution in [1.29, 1.82) is 0 Å². The smallest absolute Gasteiger partial charge is 0.234 e. The van der Waals surface area contributed by atoms with Gasteiger partial charge in [0, 0.05) is 24.9 Å². The van der Waals surface area contributed by atoms with Crippen LogP contribution in [-0.4, -0.2) is 24.2 Å². The topological polar surface area (TPSA) is 61.4 Å². The number of hydrogen-bond acceptors (Lipinski definition) is 3. The first-order valence-electron chi connectivity index (χ1n) is 9.10. The second-order valence-electron chi connectivity index (χ2n) is 7.67. The fourth-order valence-electron chi connectivity index (χ4n) is 3.52. The van der Waals surface area contributed by atoms with Gasteiger partial charge in [-0.2, -0.15) is 0 Å². The number of aliphatic hydroxyl groups is 1. The molecular weight excluding hydrogens is 300 g/mol. The molecule has 1 unspecified atom stereocenters. The van der Waals surface area contributed by atoms with Gasteiger partial charge in [0.2, 0.25) is 5.91 Å². The minimum absolute atomic E-state index is 0.0641. The molecule has 3 N–H and O–H groups in total. The predicted octanol–water partition coefficient (Wildman–Crippen LogP) is 3.76. The van der Waals surface area contributed by atoms with Crippen molar-refractivity contribution in [2.75, 3.05) is 18.5 Å². The summed E-state index contributed by atoms with van der Waals surface area (Å²) in [6.07, 6.45) is 2.94. The van der Waals surface area contributed by atoms with Gasteiger partial charge in [-0.1, -0.05) is 26.0 Å². The standard InChI is InChI=1S/C20H32N2O2/c1-6-20(7-2,10-11-23)13-21-14(3)15-8-9-17-16(12-15)19(4,5)18(24)22-17/h8-9,12,14,21,23H,6-7,10-11,13H2,1-5H3,(H,22,24). The summed E-state index contributed by atoms with van der Waals surface area (Å²) in [5, 5.41) is 16.0. The van der Waals surface area contributed by atoms with Gasteiger partial charge in [0.25, 0.3) is 0 Å². The maximum atomic E-state index is 12.1. The van der Waals surface area contributed by atoms with Crippen LogP contribution in [0.25, 0.3) is 0 Å². The zero-order valence-electron chi connectivity index (χ0n) is 15.7. The van der Waals surface area contributed by atoms with E-state index < -0.39 is 5.41 Å². The predicted molar refractivity (Wildman–Crippen MR) is 99.2 cm³/mol. The Morgan fingerprint density at radius 3 is 2.54 bits per heavy atom. The van der Waals surface area contributed by atoms with Gasteiger partial charge >= 0.3 is 0 Å². The molecule has 0 saturated carbocycles. The number of benzene rings is 1. The quantitative estimate of drug-likeness (QED) is 0.679. The van der Waals surface area contributed by atoms with Gasteiger partial charge in [-0.3, -0.25) is 4.79 Å². The molecule has 0 radical (unpaired) electrons. The minimum Gasteiger partial charge on any atom is -0.396 e. The molecule has 1 aliphatic heterocycles. The molecule has 0 aliphatic carbocycles. The molecule has 4 heteroatoms. The molecule has 1 amide bonds. The van der Waals surface area contributed by atoms with Crippen LogP contribution >= 0.6 is 0 Å². The van der Waals surface area contributed by atoms with E-state index in [0.717, 1.165) is 37.1 Å². The molecule has 24 heavy (non-hydrogen) atoms. The molecule has 1 aromatic rings. The average Bonchev–Trinajstić information content (AvgIpc) is 2.80. The molecule has 1 atom stereocenters. The number of carbonyl (C=O) groups excluding carboxylic acids is 1. The minimum atomic E-state index is -0.474. The summed E-state index contributed by atoms with van der Waals surface area (Å²) in [6, 6.07) is 6.45. The Morgan fingerprint density at radius 2 is 1.96 bits per heavy atom. The second-order valence-corrected chi connectivity index (χ2v) is 7.67. The lowest BCUT2D eigenvalue weighted by Gasteiger charge is -2.33. The van der Waals surface area contributed by atoms with Crippen LogP contribution in [0.5, 0.6) is 0 Å². The van der Waals surface area contributed by atoms with Gasteiger partial charge < -0.3 is 15.7 Å². The third-order valence-electron chi connectivity index (χ3n) is 5.96. The van der Waals surface area contributed by atoms with Gasteiger partial charge in [-0.15, -0.1) is 0 Å². The van der Waals surface area contributed by atoms with Crippen molar-refractivity contribution in [3.05, 3.63) is 29.3 Å². The fraction of sp³-hybridized carbons (Fsp3) is 0.650. The normalized spacial score (nSPS) is 17.5. The lowest BCUT2D eigenvalue weighted by Crippen LogP contribution is -2.35. The van der Waals surface area contributed by atoms with Gasteiger partial charge in [-0.25, -0.2) is 0 Å². The van der Waals surface area contributed by atoms with Crippen LogP contribution in [0.3, 0.4) is 0 Å². The Labute approximate surface area is 146 Å². The molecule has 0 bridgehead atoms. The van der Waals surface area contributed by atoms with E-state index in [-0.39, 0.29) is 24.0 Å². The number of amides is 1. The highest BCUT2D eigenvalue weighted by Gasteiger charge is 2.38. The summed E-state index contributed by atoms with van der Waals surface area (Å²) < 4.78 is 0. The molecule has 134 valence electrons. The number of carbonyl (C=O) groups is 1. The monoisotopic (exact) mass is 332 g/mol. The first-order chi connectivity index (χ1) is 11.3. The lowest BCUT2D eigenvalue weighted by atomic mass is 9.79. The highest BCUT2D eigenvalue weighted by molar-refractivity contribution is 6.05. The Morgan fingerprint density at radius 1 is 1.29 bits per heavy atom. The summed E-state index contributed by atoms with van der Waals surface area (Å²) >= 11 is 0. The highest BCUT2D eigenvalue weighted by Crippen LogP contribution is 2.38. The van der Waals surface area contributed by atoms with Crippen LogP contribution in [0.1, 0.15) is 71.0 Å². The van der Waals surface area contributed by atoms with E-state index in [4.69, 9.17) is 0 Å². The molecule has 0 saturated heterocycles. The summed E-state index contributed by atoms with van der Waals surface area (Å²) in [6.45, 7) is 11.6. The molecule has 2 rings (SSSR count). The van der Waals surface area contributed by atoms with E-state index in [1.54, 1.807) is 0 Å². The number of fused-ring (bicyclic) bond motifs is 1. The summed E-state index contributed by atoms with van der Waals surface area (Å²) in [5.41, 5.74) is 2.88. The Kier molecular flexibility index (Phi) is 5.71. The van der Waals surface area contributed by atoms with E-state index in [9.17, 15) is 9.90 Å². The van der Waals surface area contributed by atoms with E-state index in [1.165, 1.54) is 5.56 Å². The van der Waals surface area contributed by atoms with Crippen molar-refractivity contribution in [2.24, 2.45) is 5.41 Å². The molecule has 4 nitrogen and oxygen atoms in total. The van der Waals surface area contributed by atoms with E-state index in [1.807, 2.05) is 19.9 Å². The van der Waals surface area contributed by atoms with E-state index in [0.29, 0.717) is 0 Å². The van der Waals surface area contributed by atoms with Crippen molar-refractivity contribution >= 4 is 11.6 Å². The maximum absolute atomic E-state index is 12.1. The van der Waals surface area contributed by atoms with Gasteiger partial charge in [0.05, 0.1) is 5.41 Å². The van der Waals surface area contributed by atoms with Gasteiger partial charge in [0.15, 0.2) is 0 Å². The fourth-order valence-corrected chi connectivity index (χ4v) is 3.52. The SMILES string of the molecule is CCC(CC)(CCO)CNC(C)c1ccc2c(c1)C(C)(C)C(=O)N2. The number of aliphatic hydroxyl groups excluding tert-OH is 1. The average molecular weight is 332 g/mol. The summed E-state index contributed by atoms with van der Waals surface area (Å²) in [5.74, 6) is 0.0641. The Hall–Kier alpha value is -1.39. The van der Waals surface area contributed by atoms with Crippen LogP contribution in [-0.2, 0) is 10.2 Å². The first-order valence-corrected chi connectivity index (χ1v) is 9.10. The van der Waals surface area contributed by atoms with Crippen molar-refractivity contribution in [2.45, 2.75) is 65.3 Å². The number of anilines is 1. The molecule has 0 aromatic heterocycles. The van der Waals surface area contributed by atoms with Crippen LogP contribution in [0.4, 0.5) is 5.69 Å². The summed E-state index contributed by atoms with van der Waals surface area (Å²) in [4.78, 5) is 12.1. The number of nitrogens with one attached hydrogen (secondary N) is 2. The number of rotatable bonds is 8. The third-order valence-corrected chi connectivity index (χ3v) is 5.96. The van der Waals surface area contributed by atoms with Crippen molar-refractivity contribution < 1.29 is 9.90 Å². The van der Waals surface area contributed by atoms with Crippen LogP contribution < -0.4 is 10.6 Å². The largest absolute Gasteiger partial charge is 0.396 e. The third kappa shape index (κ3) is 3.50. The second kappa shape index (κ2) is 7.24. The van der Waals surface area contributed by atoms with E-state index >= 15 is 0 Å². The number of hydrogen-bond donors (Lipinski definition) is 3. The molecule has 1 aromatic carbocycles. The van der Waals surface area contributed by atoms with Crippen LogP contribution in [0.2, 0.25) is 0 Å².